The van der Waals surface area contributed by atoms with Crippen molar-refractivity contribution in [1.29, 1.82) is 0 Å². The molecule has 0 aliphatic carbocycles. The van der Waals surface area contributed by atoms with Crippen LogP contribution in [0.2, 0.25) is 0 Å². The standard InChI is InChI=1S/C3H5Cl2O2P/c4-1-3(5)2-7-8-6/h3H,1-2H2. The van der Waals surface area contributed by atoms with Crippen molar-refractivity contribution >= 4 is 31.9 Å². The molecule has 48 valence electrons. The maximum Gasteiger partial charge on any atom is 0.327 e. The lowest BCUT2D eigenvalue weighted by Crippen LogP contribution is -2.05. The summed E-state index contributed by atoms with van der Waals surface area (Å²) in [6, 6.07) is 0. The minimum Gasteiger partial charge on any atom is -0.293 e. The molecule has 1 atom stereocenters. The summed E-state index contributed by atoms with van der Waals surface area (Å²) in [4.78, 5) is 0. The average molecular weight is 175 g/mol. The Kier molecular flexibility index (Phi) is 6.23. The molecule has 0 bridgehead atoms. The van der Waals surface area contributed by atoms with Gasteiger partial charge in [-0.25, -0.2) is 4.57 Å². The van der Waals surface area contributed by atoms with E-state index in [4.69, 9.17) is 23.2 Å². The molecule has 0 aromatic carbocycles. The molecule has 1 unspecified atom stereocenters. The quantitative estimate of drug-likeness (QED) is 0.482. The molecular formula is C3H5Cl2O2P. The zero-order valence-electron chi connectivity index (χ0n) is 4.01. The summed E-state index contributed by atoms with van der Waals surface area (Å²) >= 11 is 10.7. The van der Waals surface area contributed by atoms with E-state index in [-0.39, 0.29) is 20.7 Å². The Balaban J connectivity index is 2.97. The molecule has 0 aliphatic rings. The van der Waals surface area contributed by atoms with Gasteiger partial charge in [-0.05, 0) is 0 Å². The second kappa shape index (κ2) is 5.77. The summed E-state index contributed by atoms with van der Waals surface area (Å²) in [7, 11) is -0.344. The van der Waals surface area contributed by atoms with Gasteiger partial charge in [-0.3, -0.25) is 4.52 Å². The van der Waals surface area contributed by atoms with Gasteiger partial charge < -0.3 is 0 Å². The van der Waals surface area contributed by atoms with Gasteiger partial charge in [0.2, 0.25) is 0 Å². The van der Waals surface area contributed by atoms with Crippen LogP contribution in [0.15, 0.2) is 0 Å². The van der Waals surface area contributed by atoms with Crippen LogP contribution in [0.5, 0.6) is 0 Å². The van der Waals surface area contributed by atoms with E-state index in [9.17, 15) is 4.57 Å². The highest BCUT2D eigenvalue weighted by atomic mass is 35.5. The fraction of sp³-hybridized carbons (Fsp3) is 1.00. The largest absolute Gasteiger partial charge is 0.327 e. The van der Waals surface area contributed by atoms with E-state index in [2.05, 4.69) is 4.52 Å². The first-order chi connectivity index (χ1) is 3.81. The van der Waals surface area contributed by atoms with Gasteiger partial charge in [-0.15, -0.1) is 23.2 Å². The molecule has 2 nitrogen and oxygen atoms in total. The van der Waals surface area contributed by atoms with Gasteiger partial charge in [0.05, 0.1) is 12.0 Å². The second-order valence-electron chi connectivity index (χ2n) is 1.12. The summed E-state index contributed by atoms with van der Waals surface area (Å²) in [5, 5.41) is -0.238. The predicted molar refractivity (Wildman–Crippen MR) is 33.9 cm³/mol. The highest BCUT2D eigenvalue weighted by Crippen LogP contribution is 2.03. The Morgan fingerprint density at radius 1 is 1.75 bits per heavy atom. The summed E-state index contributed by atoms with van der Waals surface area (Å²) in [6.45, 7) is 0.232. The highest BCUT2D eigenvalue weighted by Gasteiger charge is 2.00. The minimum absolute atomic E-state index is 0.232. The molecule has 0 saturated carbocycles. The molecule has 0 fully saturated rings. The fourth-order valence-electron chi connectivity index (χ4n) is 0.156. The summed E-state index contributed by atoms with van der Waals surface area (Å²) in [5.74, 6) is 0.317. The maximum atomic E-state index is 9.60. The van der Waals surface area contributed by atoms with E-state index >= 15 is 0 Å². The third-order valence-electron chi connectivity index (χ3n) is 0.476. The molecule has 0 spiro atoms. The monoisotopic (exact) mass is 174 g/mol. The molecule has 5 heteroatoms. The van der Waals surface area contributed by atoms with Crippen molar-refractivity contribution in [3.63, 3.8) is 0 Å². The normalized spacial score (nSPS) is 14.2. The highest BCUT2D eigenvalue weighted by molar-refractivity contribution is 7.17. The minimum atomic E-state index is -0.344. The van der Waals surface area contributed by atoms with Crippen molar-refractivity contribution in [3.05, 3.63) is 0 Å². The molecule has 8 heavy (non-hydrogen) atoms. The molecule has 0 aliphatic heterocycles. The summed E-state index contributed by atoms with van der Waals surface area (Å²) in [5.41, 5.74) is 0. The van der Waals surface area contributed by atoms with Crippen LogP contribution in [-0.2, 0) is 9.09 Å². The lowest BCUT2D eigenvalue weighted by molar-refractivity contribution is 0.346. The first-order valence-corrected chi connectivity index (χ1v) is 3.66. The lowest BCUT2D eigenvalue weighted by atomic mass is 10.5. The van der Waals surface area contributed by atoms with Crippen LogP contribution in [-0.4, -0.2) is 17.9 Å². The Morgan fingerprint density at radius 3 is 2.75 bits per heavy atom. The van der Waals surface area contributed by atoms with Crippen LogP contribution < -0.4 is 0 Å². The van der Waals surface area contributed by atoms with E-state index in [1.807, 2.05) is 0 Å². The van der Waals surface area contributed by atoms with E-state index < -0.39 is 0 Å². The van der Waals surface area contributed by atoms with Crippen LogP contribution in [0.25, 0.3) is 0 Å². The van der Waals surface area contributed by atoms with Crippen molar-refractivity contribution in [2.75, 3.05) is 12.5 Å². The van der Waals surface area contributed by atoms with E-state index in [0.717, 1.165) is 0 Å². The zero-order chi connectivity index (χ0) is 6.41. The molecule has 0 aromatic heterocycles. The van der Waals surface area contributed by atoms with Crippen molar-refractivity contribution in [2.24, 2.45) is 0 Å². The van der Waals surface area contributed by atoms with Crippen molar-refractivity contribution in [3.8, 4) is 0 Å². The summed E-state index contributed by atoms with van der Waals surface area (Å²) < 4.78 is 14.0. The molecule has 0 heterocycles. The van der Waals surface area contributed by atoms with Crippen LogP contribution in [0, 0.1) is 0 Å². The first-order valence-electron chi connectivity index (χ1n) is 1.96. The van der Waals surface area contributed by atoms with E-state index in [0.29, 0.717) is 5.88 Å². The second-order valence-corrected chi connectivity index (χ2v) is 2.45. The number of alkyl halides is 2. The maximum absolute atomic E-state index is 9.60. The molecule has 0 amide bonds. The Hall–Kier alpha value is 0.640. The number of halogens is 2. The molecule has 0 radical (unpaired) electrons. The van der Waals surface area contributed by atoms with Gasteiger partial charge in [0.25, 0.3) is 0 Å². The van der Waals surface area contributed by atoms with Gasteiger partial charge in [0.1, 0.15) is 0 Å². The van der Waals surface area contributed by atoms with E-state index in [1.165, 1.54) is 0 Å². The fourth-order valence-corrected chi connectivity index (χ4v) is 0.637. The zero-order valence-corrected chi connectivity index (χ0v) is 6.42. The smallest absolute Gasteiger partial charge is 0.293 e. The third kappa shape index (κ3) is 4.79. The molecule has 0 saturated heterocycles. The van der Waals surface area contributed by atoms with E-state index in [1.54, 1.807) is 0 Å². The number of hydrogen-bond acceptors (Lipinski definition) is 2. The first kappa shape index (κ1) is 8.64. The third-order valence-corrected chi connectivity index (χ3v) is 1.54. The Morgan fingerprint density at radius 2 is 2.38 bits per heavy atom. The number of hydrogen-bond donors (Lipinski definition) is 0. The topological polar surface area (TPSA) is 26.3 Å². The average Bonchev–Trinajstić information content (AvgIpc) is 1.83. The van der Waals surface area contributed by atoms with Crippen molar-refractivity contribution < 1.29 is 9.09 Å². The van der Waals surface area contributed by atoms with Gasteiger partial charge in [0, 0.05) is 5.88 Å². The molecule has 0 N–H and O–H groups in total. The van der Waals surface area contributed by atoms with Gasteiger partial charge in [0.15, 0.2) is 0 Å². The van der Waals surface area contributed by atoms with Gasteiger partial charge in [-0.2, -0.15) is 0 Å². The van der Waals surface area contributed by atoms with Crippen LogP contribution in [0.1, 0.15) is 0 Å². The molecule has 0 rings (SSSR count). The van der Waals surface area contributed by atoms with Crippen molar-refractivity contribution in [1.82, 2.24) is 0 Å². The molecular weight excluding hydrogens is 170 g/mol. The summed E-state index contributed by atoms with van der Waals surface area (Å²) in [6.07, 6.45) is 0. The van der Waals surface area contributed by atoms with Gasteiger partial charge >= 0.3 is 8.69 Å². The van der Waals surface area contributed by atoms with Crippen LogP contribution in [0.4, 0.5) is 0 Å². The van der Waals surface area contributed by atoms with Crippen LogP contribution >= 0.6 is 31.9 Å². The van der Waals surface area contributed by atoms with Crippen LogP contribution in [0.3, 0.4) is 0 Å². The van der Waals surface area contributed by atoms with Crippen molar-refractivity contribution in [2.45, 2.75) is 5.38 Å². The molecule has 0 aromatic rings. The van der Waals surface area contributed by atoms with Gasteiger partial charge in [-0.1, -0.05) is 0 Å². The Labute approximate surface area is 59.4 Å². The predicted octanol–water partition coefficient (Wildman–Crippen LogP) is 2.06. The SMILES string of the molecule is O=POCC(Cl)CCl. The number of rotatable bonds is 4. The lowest BCUT2D eigenvalue weighted by Gasteiger charge is -1.97. The Bertz CT molecular complexity index is 70.3.